The van der Waals surface area contributed by atoms with Crippen molar-refractivity contribution in [2.75, 3.05) is 13.6 Å². The van der Waals surface area contributed by atoms with Gasteiger partial charge in [0.1, 0.15) is 5.82 Å². The number of aromatic nitrogens is 2. The number of rotatable bonds is 4. The number of hydrogen-bond donors (Lipinski definition) is 2. The van der Waals surface area contributed by atoms with Crippen LogP contribution in [0.15, 0.2) is 48.5 Å². The number of imidazole rings is 1. The van der Waals surface area contributed by atoms with E-state index in [9.17, 15) is 4.79 Å². The molecule has 1 aliphatic heterocycles. The summed E-state index contributed by atoms with van der Waals surface area (Å²) in [6.07, 6.45) is 1.47. The number of benzene rings is 2. The highest BCUT2D eigenvalue weighted by atomic mass is 16.2. The summed E-state index contributed by atoms with van der Waals surface area (Å²) in [5.41, 5.74) is 4.59. The Morgan fingerprint density at radius 1 is 1.20 bits per heavy atom. The Morgan fingerprint density at radius 2 is 1.96 bits per heavy atom. The molecule has 1 aromatic heterocycles. The third-order valence-electron chi connectivity index (χ3n) is 4.89. The predicted octanol–water partition coefficient (Wildman–Crippen LogP) is 2.28. The second kappa shape index (κ2) is 6.69. The molecule has 0 unspecified atom stereocenters. The van der Waals surface area contributed by atoms with E-state index in [-0.39, 0.29) is 11.9 Å². The molecule has 1 amide bonds. The van der Waals surface area contributed by atoms with Gasteiger partial charge in [-0.05, 0) is 36.7 Å². The molecule has 5 nitrogen and oxygen atoms in total. The van der Waals surface area contributed by atoms with Gasteiger partial charge in [0.25, 0.3) is 0 Å². The molecule has 4 rings (SSSR count). The maximum absolute atomic E-state index is 12.6. The van der Waals surface area contributed by atoms with Crippen LogP contribution in [0.4, 0.5) is 0 Å². The first-order chi connectivity index (χ1) is 12.2. The number of hydrogen-bond acceptors (Lipinski definition) is 3. The smallest absolute Gasteiger partial charge is 0.237 e. The Morgan fingerprint density at radius 3 is 2.80 bits per heavy atom. The number of fused-ring (bicyclic) bond motifs is 2. The van der Waals surface area contributed by atoms with Gasteiger partial charge < -0.3 is 10.3 Å². The summed E-state index contributed by atoms with van der Waals surface area (Å²) in [6, 6.07) is 16.2. The van der Waals surface area contributed by atoms with E-state index in [0.717, 1.165) is 29.8 Å². The number of nitrogens with zero attached hydrogens (tertiary/aromatic N) is 2. The molecule has 0 saturated heterocycles. The van der Waals surface area contributed by atoms with E-state index in [2.05, 4.69) is 38.4 Å². The van der Waals surface area contributed by atoms with Crippen LogP contribution >= 0.6 is 0 Å². The number of para-hydroxylation sites is 2. The van der Waals surface area contributed by atoms with Gasteiger partial charge >= 0.3 is 0 Å². The second-order valence-electron chi connectivity index (χ2n) is 6.65. The zero-order valence-electron chi connectivity index (χ0n) is 14.3. The van der Waals surface area contributed by atoms with Gasteiger partial charge in [-0.2, -0.15) is 0 Å². The van der Waals surface area contributed by atoms with E-state index in [1.807, 2.05) is 37.4 Å². The van der Waals surface area contributed by atoms with Crippen molar-refractivity contribution in [1.29, 1.82) is 0 Å². The van der Waals surface area contributed by atoms with E-state index in [1.165, 1.54) is 11.1 Å². The molecule has 0 aliphatic carbocycles. The number of H-pyrrole nitrogens is 1. The lowest BCUT2D eigenvalue weighted by Crippen LogP contribution is -2.48. The Balaban J connectivity index is 1.36. The molecule has 0 saturated carbocycles. The number of aromatic amines is 1. The number of nitrogens with one attached hydrogen (secondary N) is 2. The lowest BCUT2D eigenvalue weighted by Gasteiger charge is -2.33. The topological polar surface area (TPSA) is 61.0 Å². The molecule has 0 fully saturated rings. The minimum absolute atomic E-state index is 0.0908. The molecule has 2 aromatic carbocycles. The Hall–Kier alpha value is -2.66. The van der Waals surface area contributed by atoms with Crippen molar-refractivity contribution in [2.24, 2.45) is 0 Å². The van der Waals surface area contributed by atoms with Crippen LogP contribution in [0.5, 0.6) is 0 Å². The number of likely N-dealkylation sites (N-methyl/N-ethyl adjacent to an activating group) is 1. The van der Waals surface area contributed by atoms with Gasteiger partial charge in [-0.3, -0.25) is 9.69 Å². The molecular weight excluding hydrogens is 312 g/mol. The predicted molar refractivity (Wildman–Crippen MR) is 98.2 cm³/mol. The quantitative estimate of drug-likeness (QED) is 0.769. The molecule has 5 heteroatoms. The fraction of sp³-hybridized carbons (Fsp3) is 0.300. The average molecular weight is 334 g/mol. The first-order valence-corrected chi connectivity index (χ1v) is 8.69. The number of amides is 1. The molecule has 3 aromatic rings. The summed E-state index contributed by atoms with van der Waals surface area (Å²) < 4.78 is 0. The Bertz CT molecular complexity index is 868. The maximum atomic E-state index is 12.6. The van der Waals surface area contributed by atoms with Gasteiger partial charge in [-0.25, -0.2) is 4.98 Å². The fourth-order valence-corrected chi connectivity index (χ4v) is 3.49. The third kappa shape index (κ3) is 3.28. The van der Waals surface area contributed by atoms with E-state index < -0.39 is 0 Å². The second-order valence-corrected chi connectivity index (χ2v) is 6.65. The van der Waals surface area contributed by atoms with Crippen LogP contribution in [0.25, 0.3) is 11.0 Å². The first-order valence-electron chi connectivity index (χ1n) is 8.69. The highest BCUT2D eigenvalue weighted by Crippen LogP contribution is 2.21. The van der Waals surface area contributed by atoms with Crippen molar-refractivity contribution in [2.45, 2.75) is 25.4 Å². The van der Waals surface area contributed by atoms with Gasteiger partial charge in [-0.15, -0.1) is 0 Å². The SMILES string of the molecule is CN1Cc2ccccc2C[C@H]1C(=O)NCCc1nc2ccccc2[nH]1. The molecule has 2 heterocycles. The Kier molecular flexibility index (Phi) is 4.24. The Labute approximate surface area is 147 Å². The van der Waals surface area contributed by atoms with Crippen molar-refractivity contribution in [3.8, 4) is 0 Å². The van der Waals surface area contributed by atoms with E-state index in [4.69, 9.17) is 0 Å². The highest BCUT2D eigenvalue weighted by Gasteiger charge is 2.28. The molecule has 0 radical (unpaired) electrons. The highest BCUT2D eigenvalue weighted by molar-refractivity contribution is 5.82. The average Bonchev–Trinajstić information content (AvgIpc) is 3.03. The molecule has 2 N–H and O–H groups in total. The third-order valence-corrected chi connectivity index (χ3v) is 4.89. The maximum Gasteiger partial charge on any atom is 0.237 e. The lowest BCUT2D eigenvalue weighted by atomic mass is 9.94. The summed E-state index contributed by atoms with van der Waals surface area (Å²) >= 11 is 0. The van der Waals surface area contributed by atoms with Crippen LogP contribution in [-0.4, -0.2) is 40.4 Å². The molecule has 1 aliphatic rings. The van der Waals surface area contributed by atoms with Gasteiger partial charge in [0.2, 0.25) is 5.91 Å². The summed E-state index contributed by atoms with van der Waals surface area (Å²) in [4.78, 5) is 22.6. The van der Waals surface area contributed by atoms with Crippen molar-refractivity contribution < 1.29 is 4.79 Å². The van der Waals surface area contributed by atoms with Crippen LogP contribution in [0.3, 0.4) is 0 Å². The van der Waals surface area contributed by atoms with E-state index in [1.54, 1.807) is 0 Å². The van der Waals surface area contributed by atoms with Crippen LogP contribution in [0, 0.1) is 0 Å². The van der Waals surface area contributed by atoms with Crippen molar-refractivity contribution >= 4 is 16.9 Å². The zero-order chi connectivity index (χ0) is 17.2. The van der Waals surface area contributed by atoms with Crippen LogP contribution in [0.1, 0.15) is 17.0 Å². The fourth-order valence-electron chi connectivity index (χ4n) is 3.49. The number of carbonyl (C=O) groups is 1. The number of carbonyl (C=O) groups excluding carboxylic acids is 1. The molecular formula is C20H22N4O. The van der Waals surface area contributed by atoms with Gasteiger partial charge in [0.05, 0.1) is 17.1 Å². The lowest BCUT2D eigenvalue weighted by molar-refractivity contribution is -0.126. The van der Waals surface area contributed by atoms with Crippen LogP contribution in [0.2, 0.25) is 0 Å². The first kappa shape index (κ1) is 15.8. The monoisotopic (exact) mass is 334 g/mol. The minimum Gasteiger partial charge on any atom is -0.354 e. The van der Waals surface area contributed by atoms with Crippen molar-refractivity contribution in [3.63, 3.8) is 0 Å². The van der Waals surface area contributed by atoms with Crippen LogP contribution in [-0.2, 0) is 24.2 Å². The van der Waals surface area contributed by atoms with Gasteiger partial charge in [0, 0.05) is 19.5 Å². The van der Waals surface area contributed by atoms with Crippen molar-refractivity contribution in [1.82, 2.24) is 20.2 Å². The summed E-state index contributed by atoms with van der Waals surface area (Å²) in [5, 5.41) is 3.07. The molecule has 128 valence electrons. The van der Waals surface area contributed by atoms with Crippen LogP contribution < -0.4 is 5.32 Å². The van der Waals surface area contributed by atoms with E-state index >= 15 is 0 Å². The molecule has 25 heavy (non-hydrogen) atoms. The summed E-state index contributed by atoms with van der Waals surface area (Å²) in [5.74, 6) is 0.997. The van der Waals surface area contributed by atoms with Gasteiger partial charge in [-0.1, -0.05) is 36.4 Å². The summed E-state index contributed by atoms with van der Waals surface area (Å²) in [7, 11) is 2.01. The van der Waals surface area contributed by atoms with Crippen molar-refractivity contribution in [3.05, 3.63) is 65.5 Å². The minimum atomic E-state index is -0.106. The molecule has 0 bridgehead atoms. The molecule has 0 spiro atoms. The normalized spacial score (nSPS) is 17.4. The molecule has 1 atom stereocenters. The standard InChI is InChI=1S/C20H22N4O/c1-24-13-15-7-3-2-6-14(15)12-18(24)20(25)21-11-10-19-22-16-8-4-5-9-17(16)23-19/h2-9,18H,10-13H2,1H3,(H,21,25)(H,22,23)/t18-/m0/s1. The summed E-state index contributed by atoms with van der Waals surface area (Å²) in [6.45, 7) is 1.41. The largest absolute Gasteiger partial charge is 0.354 e. The van der Waals surface area contributed by atoms with E-state index in [0.29, 0.717) is 13.0 Å². The zero-order valence-corrected chi connectivity index (χ0v) is 14.3. The van der Waals surface area contributed by atoms with Gasteiger partial charge in [0.15, 0.2) is 0 Å².